The summed E-state index contributed by atoms with van der Waals surface area (Å²) in [6.45, 7) is 0.718. The Labute approximate surface area is 163 Å². The molecule has 0 radical (unpaired) electrons. The second-order valence-electron chi connectivity index (χ2n) is 6.39. The van der Waals surface area contributed by atoms with Crippen molar-refractivity contribution in [3.63, 3.8) is 0 Å². The molecular weight excluding hydrogens is 358 g/mol. The maximum absolute atomic E-state index is 13.2. The van der Waals surface area contributed by atoms with Crippen LogP contribution in [0.4, 0.5) is 0 Å². The molecule has 0 aliphatic carbocycles. The monoisotopic (exact) mass is 379 g/mol. The van der Waals surface area contributed by atoms with Gasteiger partial charge in [-0.05, 0) is 35.0 Å². The van der Waals surface area contributed by atoms with Gasteiger partial charge in [0.05, 0.1) is 14.2 Å². The SMILES string of the molecule is COc1ccc([C@H]2SCCN2C(=O)c2ccc3ccccc3c2)c(OC)c1. The maximum atomic E-state index is 13.2. The lowest BCUT2D eigenvalue weighted by Gasteiger charge is -2.26. The number of ether oxygens (including phenoxy) is 2. The van der Waals surface area contributed by atoms with Gasteiger partial charge in [-0.3, -0.25) is 4.79 Å². The average Bonchev–Trinajstić information content (AvgIpc) is 3.21. The summed E-state index contributed by atoms with van der Waals surface area (Å²) in [5.41, 5.74) is 1.71. The summed E-state index contributed by atoms with van der Waals surface area (Å²) in [4.78, 5) is 15.2. The third-order valence-corrected chi connectivity index (χ3v) is 6.10. The normalized spacial score (nSPS) is 16.5. The summed E-state index contributed by atoms with van der Waals surface area (Å²) in [6.07, 6.45) is 0. The molecule has 1 heterocycles. The highest BCUT2D eigenvalue weighted by Gasteiger charge is 2.33. The van der Waals surface area contributed by atoms with Crippen molar-refractivity contribution in [2.75, 3.05) is 26.5 Å². The van der Waals surface area contributed by atoms with Gasteiger partial charge in [-0.2, -0.15) is 0 Å². The van der Waals surface area contributed by atoms with Gasteiger partial charge in [-0.25, -0.2) is 0 Å². The predicted molar refractivity (Wildman–Crippen MR) is 110 cm³/mol. The van der Waals surface area contributed by atoms with Gasteiger partial charge >= 0.3 is 0 Å². The maximum Gasteiger partial charge on any atom is 0.255 e. The Balaban J connectivity index is 1.67. The topological polar surface area (TPSA) is 38.8 Å². The molecule has 1 fully saturated rings. The van der Waals surface area contributed by atoms with Crippen LogP contribution in [0.5, 0.6) is 11.5 Å². The molecule has 1 aliphatic rings. The number of hydrogen-bond acceptors (Lipinski definition) is 4. The molecule has 3 aromatic rings. The van der Waals surface area contributed by atoms with Crippen molar-refractivity contribution in [1.29, 1.82) is 0 Å². The van der Waals surface area contributed by atoms with Crippen molar-refractivity contribution >= 4 is 28.4 Å². The zero-order chi connectivity index (χ0) is 18.8. The van der Waals surface area contributed by atoms with Gasteiger partial charge in [-0.1, -0.05) is 30.3 Å². The van der Waals surface area contributed by atoms with Crippen molar-refractivity contribution in [3.8, 4) is 11.5 Å². The number of thioether (sulfide) groups is 1. The third-order valence-electron chi connectivity index (χ3n) is 4.85. The molecule has 0 N–H and O–H groups in total. The first-order valence-electron chi connectivity index (χ1n) is 8.84. The van der Waals surface area contributed by atoms with E-state index < -0.39 is 0 Å². The molecule has 0 aromatic heterocycles. The minimum Gasteiger partial charge on any atom is -0.497 e. The van der Waals surface area contributed by atoms with Gasteiger partial charge in [0.2, 0.25) is 0 Å². The van der Waals surface area contributed by atoms with Crippen molar-refractivity contribution < 1.29 is 14.3 Å². The van der Waals surface area contributed by atoms with Crippen LogP contribution >= 0.6 is 11.8 Å². The highest BCUT2D eigenvalue weighted by molar-refractivity contribution is 7.99. The number of methoxy groups -OCH3 is 2. The predicted octanol–water partition coefficient (Wildman–Crippen LogP) is 4.74. The molecule has 4 rings (SSSR count). The molecular formula is C22H21NO3S. The quantitative estimate of drug-likeness (QED) is 0.656. The molecule has 1 amide bonds. The summed E-state index contributed by atoms with van der Waals surface area (Å²) in [7, 11) is 3.28. The van der Waals surface area contributed by atoms with Crippen LogP contribution < -0.4 is 9.47 Å². The van der Waals surface area contributed by atoms with E-state index >= 15 is 0 Å². The molecule has 5 heteroatoms. The summed E-state index contributed by atoms with van der Waals surface area (Å²) >= 11 is 1.76. The fourth-order valence-corrected chi connectivity index (χ4v) is 4.73. The van der Waals surface area contributed by atoms with Crippen molar-refractivity contribution in [3.05, 3.63) is 71.8 Å². The van der Waals surface area contributed by atoms with E-state index in [0.717, 1.165) is 40.1 Å². The third kappa shape index (κ3) is 3.35. The second kappa shape index (κ2) is 7.53. The first-order chi connectivity index (χ1) is 13.2. The van der Waals surface area contributed by atoms with Crippen molar-refractivity contribution in [1.82, 2.24) is 4.90 Å². The number of rotatable bonds is 4. The summed E-state index contributed by atoms with van der Waals surface area (Å²) < 4.78 is 10.9. The Kier molecular flexibility index (Phi) is 4.94. The van der Waals surface area contributed by atoms with Crippen LogP contribution in [0.1, 0.15) is 21.3 Å². The zero-order valence-electron chi connectivity index (χ0n) is 15.3. The molecule has 0 spiro atoms. The van der Waals surface area contributed by atoms with E-state index in [1.54, 1.807) is 26.0 Å². The highest BCUT2D eigenvalue weighted by Crippen LogP contribution is 2.43. The zero-order valence-corrected chi connectivity index (χ0v) is 16.2. The minimum atomic E-state index is -0.0650. The number of carbonyl (C=O) groups is 1. The Morgan fingerprint density at radius 3 is 2.59 bits per heavy atom. The van der Waals surface area contributed by atoms with Crippen LogP contribution in [0, 0.1) is 0 Å². The molecule has 1 atom stereocenters. The minimum absolute atomic E-state index is 0.0497. The standard InChI is InChI=1S/C22H21NO3S/c1-25-18-9-10-19(20(14-18)26-2)22-23(11-12-27-22)21(24)17-8-7-15-5-3-4-6-16(15)13-17/h3-10,13-14,22H,11-12H2,1-2H3/t22-/m1/s1. The fourth-order valence-electron chi connectivity index (χ4n) is 3.45. The molecule has 0 saturated carbocycles. The van der Waals surface area contributed by atoms with Gasteiger partial charge in [0.15, 0.2) is 0 Å². The Morgan fingerprint density at radius 1 is 1.00 bits per heavy atom. The Morgan fingerprint density at radius 2 is 1.81 bits per heavy atom. The van der Waals surface area contributed by atoms with Gasteiger partial charge in [0.1, 0.15) is 16.9 Å². The molecule has 0 bridgehead atoms. The van der Waals surface area contributed by atoms with E-state index in [0.29, 0.717) is 5.56 Å². The molecule has 1 aliphatic heterocycles. The number of carbonyl (C=O) groups excluding carboxylic acids is 1. The van der Waals surface area contributed by atoms with Crippen molar-refractivity contribution in [2.24, 2.45) is 0 Å². The lowest BCUT2D eigenvalue weighted by atomic mass is 10.1. The highest BCUT2D eigenvalue weighted by atomic mass is 32.2. The first kappa shape index (κ1) is 17.7. The summed E-state index contributed by atoms with van der Waals surface area (Å²) in [5, 5.41) is 2.15. The molecule has 27 heavy (non-hydrogen) atoms. The van der Waals surface area contributed by atoms with E-state index in [-0.39, 0.29) is 11.3 Å². The summed E-state index contributed by atoms with van der Waals surface area (Å²) in [5.74, 6) is 2.43. The molecule has 4 nitrogen and oxygen atoms in total. The molecule has 138 valence electrons. The van der Waals surface area contributed by atoms with Gasteiger partial charge in [0.25, 0.3) is 5.91 Å². The number of fused-ring (bicyclic) bond motifs is 1. The van der Waals surface area contributed by atoms with Crippen LogP contribution in [-0.4, -0.2) is 37.3 Å². The van der Waals surface area contributed by atoms with Crippen LogP contribution in [0.25, 0.3) is 10.8 Å². The molecule has 0 unspecified atom stereocenters. The molecule has 3 aromatic carbocycles. The van der Waals surface area contributed by atoms with E-state index in [2.05, 4.69) is 6.07 Å². The lowest BCUT2D eigenvalue weighted by Crippen LogP contribution is -2.30. The Hall–Kier alpha value is -2.66. The van der Waals surface area contributed by atoms with Crippen molar-refractivity contribution in [2.45, 2.75) is 5.37 Å². The number of nitrogens with zero attached hydrogens (tertiary/aromatic N) is 1. The van der Waals surface area contributed by atoms with E-state index in [1.165, 1.54) is 0 Å². The van der Waals surface area contributed by atoms with Gasteiger partial charge in [-0.15, -0.1) is 11.8 Å². The smallest absolute Gasteiger partial charge is 0.255 e. The van der Waals surface area contributed by atoms with E-state index in [9.17, 15) is 4.79 Å². The second-order valence-corrected chi connectivity index (χ2v) is 7.58. The van der Waals surface area contributed by atoms with E-state index in [4.69, 9.17) is 9.47 Å². The fraction of sp³-hybridized carbons (Fsp3) is 0.227. The number of amides is 1. The average molecular weight is 379 g/mol. The van der Waals surface area contributed by atoms with Crippen LogP contribution in [0.2, 0.25) is 0 Å². The van der Waals surface area contributed by atoms with Gasteiger partial charge < -0.3 is 14.4 Å². The largest absolute Gasteiger partial charge is 0.497 e. The Bertz CT molecular complexity index is 988. The summed E-state index contributed by atoms with van der Waals surface area (Å²) in [6, 6.07) is 19.8. The molecule has 1 saturated heterocycles. The lowest BCUT2D eigenvalue weighted by molar-refractivity contribution is 0.0759. The number of hydrogen-bond donors (Lipinski definition) is 0. The first-order valence-corrected chi connectivity index (χ1v) is 9.89. The van der Waals surface area contributed by atoms with Crippen LogP contribution in [0.3, 0.4) is 0 Å². The van der Waals surface area contributed by atoms with Crippen LogP contribution in [0.15, 0.2) is 60.7 Å². The van der Waals surface area contributed by atoms with E-state index in [1.807, 2.05) is 59.5 Å². The van der Waals surface area contributed by atoms with Crippen LogP contribution in [-0.2, 0) is 0 Å². The van der Waals surface area contributed by atoms with Gasteiger partial charge in [0, 0.05) is 29.5 Å². The number of benzene rings is 3.